The number of ketones is 1. The van der Waals surface area contributed by atoms with E-state index in [0.717, 1.165) is 10.8 Å². The van der Waals surface area contributed by atoms with Gasteiger partial charge in [-0.05, 0) is 37.1 Å². The highest BCUT2D eigenvalue weighted by Gasteiger charge is 2.13. The van der Waals surface area contributed by atoms with E-state index in [1.165, 1.54) is 22.5 Å². The molecular formula is C14H15ClN2OS. The standard InChI is InChI=1S/C14H15ClN2OS/c1-9-4-10(2)6-11(5-9)17(3)14-16-12(8-19-14)13(18)7-15/h4-6,8H,7H2,1-3H3. The first kappa shape index (κ1) is 14.0. The minimum atomic E-state index is -0.141. The Morgan fingerprint density at radius 3 is 2.53 bits per heavy atom. The number of thiazole rings is 1. The van der Waals surface area contributed by atoms with E-state index in [4.69, 9.17) is 11.6 Å². The third-order valence-corrected chi connectivity index (χ3v) is 3.94. The van der Waals surface area contributed by atoms with Crippen molar-refractivity contribution in [1.82, 2.24) is 4.98 Å². The number of hydrogen-bond acceptors (Lipinski definition) is 4. The van der Waals surface area contributed by atoms with Crippen molar-refractivity contribution in [3.05, 3.63) is 40.4 Å². The van der Waals surface area contributed by atoms with Crippen molar-refractivity contribution < 1.29 is 4.79 Å². The molecule has 0 aliphatic rings. The van der Waals surface area contributed by atoms with Gasteiger partial charge < -0.3 is 4.90 Å². The lowest BCUT2D eigenvalue weighted by Gasteiger charge is -2.17. The van der Waals surface area contributed by atoms with E-state index in [1.807, 2.05) is 11.9 Å². The number of rotatable bonds is 4. The lowest BCUT2D eigenvalue weighted by molar-refractivity contribution is 0.101. The molecule has 0 N–H and O–H groups in total. The van der Waals surface area contributed by atoms with Gasteiger partial charge in [-0.2, -0.15) is 0 Å². The fourth-order valence-corrected chi connectivity index (χ4v) is 2.82. The van der Waals surface area contributed by atoms with E-state index in [1.54, 1.807) is 5.38 Å². The van der Waals surface area contributed by atoms with E-state index in [9.17, 15) is 4.79 Å². The largest absolute Gasteiger partial charge is 0.321 e. The monoisotopic (exact) mass is 294 g/mol. The summed E-state index contributed by atoms with van der Waals surface area (Å²) in [6, 6.07) is 6.32. The smallest absolute Gasteiger partial charge is 0.196 e. The second-order valence-corrected chi connectivity index (χ2v) is 5.58. The summed E-state index contributed by atoms with van der Waals surface area (Å²) < 4.78 is 0. The molecule has 0 bridgehead atoms. The van der Waals surface area contributed by atoms with Crippen LogP contribution in [0.3, 0.4) is 0 Å². The predicted octanol–water partition coefficient (Wildman–Crippen LogP) is 3.95. The summed E-state index contributed by atoms with van der Waals surface area (Å²) in [4.78, 5) is 17.8. The lowest BCUT2D eigenvalue weighted by atomic mass is 10.1. The van der Waals surface area contributed by atoms with Crippen LogP contribution in [0.25, 0.3) is 0 Å². The number of halogens is 1. The molecule has 19 heavy (non-hydrogen) atoms. The van der Waals surface area contributed by atoms with Crippen molar-refractivity contribution in [1.29, 1.82) is 0 Å². The Kier molecular flexibility index (Phi) is 4.22. The van der Waals surface area contributed by atoms with Crippen molar-refractivity contribution in [3.8, 4) is 0 Å². The topological polar surface area (TPSA) is 33.2 Å². The lowest BCUT2D eigenvalue weighted by Crippen LogP contribution is -2.10. The number of hydrogen-bond donors (Lipinski definition) is 0. The van der Waals surface area contributed by atoms with Crippen LogP contribution in [-0.4, -0.2) is 23.7 Å². The molecule has 1 heterocycles. The number of carbonyl (C=O) groups excluding carboxylic acids is 1. The molecule has 0 aliphatic carbocycles. The molecular weight excluding hydrogens is 280 g/mol. The van der Waals surface area contributed by atoms with Crippen LogP contribution in [0, 0.1) is 13.8 Å². The maximum Gasteiger partial charge on any atom is 0.196 e. The van der Waals surface area contributed by atoms with Crippen LogP contribution in [0.15, 0.2) is 23.6 Å². The molecule has 0 radical (unpaired) electrons. The minimum absolute atomic E-state index is 0.0313. The molecule has 2 aromatic rings. The first-order valence-electron chi connectivity index (χ1n) is 5.88. The van der Waals surface area contributed by atoms with Gasteiger partial charge in [-0.3, -0.25) is 4.79 Å². The van der Waals surface area contributed by atoms with E-state index in [-0.39, 0.29) is 11.7 Å². The Balaban J connectivity index is 2.30. The number of alkyl halides is 1. The Hall–Kier alpha value is -1.39. The molecule has 0 aliphatic heterocycles. The van der Waals surface area contributed by atoms with Crippen LogP contribution in [0.5, 0.6) is 0 Å². The zero-order valence-electron chi connectivity index (χ0n) is 11.1. The van der Waals surface area contributed by atoms with Crippen LogP contribution < -0.4 is 4.90 Å². The van der Waals surface area contributed by atoms with Gasteiger partial charge in [0, 0.05) is 18.1 Å². The third kappa shape index (κ3) is 3.14. The van der Waals surface area contributed by atoms with Gasteiger partial charge in [0.15, 0.2) is 10.9 Å². The Morgan fingerprint density at radius 2 is 1.95 bits per heavy atom. The average Bonchev–Trinajstić information content (AvgIpc) is 2.85. The van der Waals surface area contributed by atoms with Crippen LogP contribution in [0.2, 0.25) is 0 Å². The number of aryl methyl sites for hydroxylation is 2. The molecule has 0 saturated heterocycles. The molecule has 0 atom stereocenters. The summed E-state index contributed by atoms with van der Waals surface area (Å²) in [5, 5.41) is 2.54. The van der Waals surface area contributed by atoms with Crippen molar-refractivity contribution in [2.24, 2.45) is 0 Å². The van der Waals surface area contributed by atoms with Gasteiger partial charge in [-0.15, -0.1) is 22.9 Å². The van der Waals surface area contributed by atoms with Crippen LogP contribution in [0.4, 0.5) is 10.8 Å². The van der Waals surface area contributed by atoms with Crippen molar-refractivity contribution in [3.63, 3.8) is 0 Å². The molecule has 1 aromatic carbocycles. The van der Waals surface area contributed by atoms with Gasteiger partial charge in [0.25, 0.3) is 0 Å². The number of carbonyl (C=O) groups is 1. The predicted molar refractivity (Wildman–Crippen MR) is 81.1 cm³/mol. The number of Topliss-reactive ketones (excluding diaryl/α,β-unsaturated/α-hetero) is 1. The van der Waals surface area contributed by atoms with Crippen LogP contribution in [0.1, 0.15) is 21.6 Å². The maximum atomic E-state index is 11.5. The quantitative estimate of drug-likeness (QED) is 0.632. The van der Waals surface area contributed by atoms with Gasteiger partial charge in [0.1, 0.15) is 5.69 Å². The van der Waals surface area contributed by atoms with Crippen molar-refractivity contribution in [2.75, 3.05) is 17.8 Å². The normalized spacial score (nSPS) is 10.5. The highest BCUT2D eigenvalue weighted by molar-refractivity contribution is 7.14. The van der Waals surface area contributed by atoms with E-state index < -0.39 is 0 Å². The summed E-state index contributed by atoms with van der Waals surface area (Å²) in [7, 11) is 1.95. The number of aromatic nitrogens is 1. The van der Waals surface area contributed by atoms with Crippen LogP contribution >= 0.6 is 22.9 Å². The van der Waals surface area contributed by atoms with E-state index in [2.05, 4.69) is 37.0 Å². The summed E-state index contributed by atoms with van der Waals surface area (Å²) >= 11 is 6.98. The summed E-state index contributed by atoms with van der Waals surface area (Å²) in [5.41, 5.74) is 3.91. The molecule has 2 rings (SSSR count). The fraction of sp³-hybridized carbons (Fsp3) is 0.286. The first-order valence-corrected chi connectivity index (χ1v) is 7.29. The highest BCUT2D eigenvalue weighted by Crippen LogP contribution is 2.28. The van der Waals surface area contributed by atoms with E-state index >= 15 is 0 Å². The van der Waals surface area contributed by atoms with Gasteiger partial charge in [-0.1, -0.05) is 6.07 Å². The van der Waals surface area contributed by atoms with Gasteiger partial charge in [0.2, 0.25) is 0 Å². The van der Waals surface area contributed by atoms with Gasteiger partial charge in [-0.25, -0.2) is 4.98 Å². The summed E-state index contributed by atoms with van der Waals surface area (Å²) in [5.74, 6) is -0.172. The summed E-state index contributed by atoms with van der Waals surface area (Å²) in [6.45, 7) is 4.13. The SMILES string of the molecule is Cc1cc(C)cc(N(C)c2nc(C(=O)CCl)cs2)c1. The molecule has 0 spiro atoms. The molecule has 0 unspecified atom stereocenters. The van der Waals surface area contributed by atoms with Crippen LogP contribution in [-0.2, 0) is 0 Å². The molecule has 0 amide bonds. The molecule has 100 valence electrons. The maximum absolute atomic E-state index is 11.5. The second-order valence-electron chi connectivity index (χ2n) is 4.48. The zero-order valence-corrected chi connectivity index (χ0v) is 12.7. The number of benzene rings is 1. The van der Waals surface area contributed by atoms with E-state index in [0.29, 0.717) is 5.69 Å². The number of anilines is 2. The zero-order chi connectivity index (χ0) is 14.0. The van der Waals surface area contributed by atoms with Crippen molar-refractivity contribution >= 4 is 39.5 Å². The highest BCUT2D eigenvalue weighted by atomic mass is 35.5. The second kappa shape index (κ2) is 5.72. The first-order chi connectivity index (χ1) is 9.01. The third-order valence-electron chi connectivity index (χ3n) is 2.78. The Morgan fingerprint density at radius 1 is 1.32 bits per heavy atom. The average molecular weight is 295 g/mol. The number of nitrogens with zero attached hydrogens (tertiary/aromatic N) is 2. The Labute approximate surface area is 121 Å². The molecule has 3 nitrogen and oxygen atoms in total. The molecule has 0 saturated carbocycles. The van der Waals surface area contributed by atoms with Gasteiger partial charge in [0.05, 0.1) is 5.88 Å². The van der Waals surface area contributed by atoms with Gasteiger partial charge >= 0.3 is 0 Å². The molecule has 1 aromatic heterocycles. The van der Waals surface area contributed by atoms with Crippen molar-refractivity contribution in [2.45, 2.75) is 13.8 Å². The Bertz CT molecular complexity index is 589. The summed E-state index contributed by atoms with van der Waals surface area (Å²) in [6.07, 6.45) is 0. The fourth-order valence-electron chi connectivity index (χ4n) is 1.87. The molecule has 0 fully saturated rings. The minimum Gasteiger partial charge on any atom is -0.321 e. The molecule has 5 heteroatoms.